The predicted molar refractivity (Wildman–Crippen MR) is 96.1 cm³/mol. The molecular formula is C16H29N3O12. The Hall–Kier alpha value is -1.50. The van der Waals surface area contributed by atoms with Crippen LogP contribution in [0.4, 0.5) is 0 Å². The highest BCUT2D eigenvalue weighted by Crippen LogP contribution is 2.21. The van der Waals surface area contributed by atoms with E-state index in [2.05, 4.69) is 16.0 Å². The van der Waals surface area contributed by atoms with Crippen LogP contribution < -0.4 is 16.0 Å². The number of carbonyl (C=O) groups excluding carboxylic acids is 2. The Balaban J connectivity index is 1.86. The number of ether oxygens (including phenoxy) is 2. The van der Waals surface area contributed by atoms with Gasteiger partial charge in [-0.05, 0) is 13.8 Å². The van der Waals surface area contributed by atoms with Gasteiger partial charge in [0.2, 0.25) is 0 Å². The fraction of sp³-hybridized carbons (Fsp3) is 0.875. The molecule has 15 heteroatoms. The van der Waals surface area contributed by atoms with Gasteiger partial charge in [-0.25, -0.2) is 0 Å². The second-order valence-electron chi connectivity index (χ2n) is 7.47. The van der Waals surface area contributed by atoms with Gasteiger partial charge in [-0.1, -0.05) is 0 Å². The zero-order valence-electron chi connectivity index (χ0n) is 16.6. The number of aliphatic hydroxyl groups is 8. The normalized spacial score (nSPS) is 43.0. The largest absolute Gasteiger partial charge is 0.387 e. The van der Waals surface area contributed by atoms with Crippen molar-refractivity contribution in [3.8, 4) is 0 Å². The molecule has 15 nitrogen and oxygen atoms in total. The van der Waals surface area contributed by atoms with E-state index in [9.17, 15) is 50.4 Å². The third-order valence-electron chi connectivity index (χ3n) is 4.91. The lowest BCUT2D eigenvalue weighted by molar-refractivity contribution is -0.276. The second kappa shape index (κ2) is 10.4. The number of aliphatic hydroxyl groups excluding tert-OH is 8. The molecule has 2 aliphatic heterocycles. The molecule has 2 saturated heterocycles. The van der Waals surface area contributed by atoms with Crippen molar-refractivity contribution in [2.45, 2.75) is 87.6 Å². The quantitative estimate of drug-likeness (QED) is 0.167. The molecule has 0 saturated carbocycles. The van der Waals surface area contributed by atoms with E-state index >= 15 is 0 Å². The Bertz CT molecular complexity index is 589. The molecule has 0 radical (unpaired) electrons. The van der Waals surface area contributed by atoms with Crippen molar-refractivity contribution in [3.63, 3.8) is 0 Å². The van der Waals surface area contributed by atoms with E-state index in [4.69, 9.17) is 9.47 Å². The van der Waals surface area contributed by atoms with Crippen molar-refractivity contribution in [1.29, 1.82) is 0 Å². The molecule has 2 amide bonds. The van der Waals surface area contributed by atoms with Gasteiger partial charge in [0, 0.05) is 0 Å². The van der Waals surface area contributed by atoms with Gasteiger partial charge in [0.15, 0.2) is 24.8 Å². The summed E-state index contributed by atoms with van der Waals surface area (Å²) in [6, 6.07) is 0. The van der Waals surface area contributed by atoms with Gasteiger partial charge in [-0.2, -0.15) is 0 Å². The van der Waals surface area contributed by atoms with Crippen LogP contribution in [-0.2, 0) is 19.1 Å². The number of carbonyl (C=O) groups is 2. The molecule has 2 aliphatic rings. The van der Waals surface area contributed by atoms with Gasteiger partial charge in [-0.15, -0.1) is 0 Å². The van der Waals surface area contributed by atoms with Gasteiger partial charge in [0.05, 0.1) is 12.3 Å². The fourth-order valence-electron chi connectivity index (χ4n) is 3.21. The number of amides is 2. The van der Waals surface area contributed by atoms with E-state index in [-0.39, 0.29) is 0 Å². The Kier molecular flexibility index (Phi) is 8.65. The number of nitrogens with one attached hydrogen (secondary N) is 3. The first-order valence-corrected chi connectivity index (χ1v) is 9.47. The molecule has 31 heavy (non-hydrogen) atoms. The maximum Gasteiger partial charge on any atom is 0.253 e. The minimum atomic E-state index is -1.89. The average molecular weight is 455 g/mol. The molecule has 0 bridgehead atoms. The first-order chi connectivity index (χ1) is 14.3. The molecule has 2 rings (SSSR count). The molecule has 0 aromatic heterocycles. The average Bonchev–Trinajstić information content (AvgIpc) is 2.69. The van der Waals surface area contributed by atoms with Crippen LogP contribution >= 0.6 is 0 Å². The summed E-state index contributed by atoms with van der Waals surface area (Å²) >= 11 is 0. The summed E-state index contributed by atoms with van der Waals surface area (Å²) in [5.74, 6) is -1.86. The van der Waals surface area contributed by atoms with Crippen LogP contribution in [-0.4, -0.2) is 126 Å². The van der Waals surface area contributed by atoms with Gasteiger partial charge in [-0.3, -0.25) is 14.9 Å². The van der Waals surface area contributed by atoms with Crippen LogP contribution in [0.3, 0.4) is 0 Å². The number of rotatable bonds is 6. The van der Waals surface area contributed by atoms with Crippen molar-refractivity contribution >= 4 is 11.8 Å². The van der Waals surface area contributed by atoms with Crippen molar-refractivity contribution in [3.05, 3.63) is 0 Å². The van der Waals surface area contributed by atoms with E-state index < -0.39 is 85.6 Å². The molecule has 0 spiro atoms. The van der Waals surface area contributed by atoms with Gasteiger partial charge >= 0.3 is 0 Å². The van der Waals surface area contributed by atoms with E-state index in [1.807, 2.05) is 0 Å². The predicted octanol–water partition coefficient (Wildman–Crippen LogP) is -6.90. The molecule has 12 unspecified atom stereocenters. The topological polar surface area (TPSA) is 251 Å². The van der Waals surface area contributed by atoms with E-state index in [1.165, 1.54) is 13.8 Å². The van der Waals surface area contributed by atoms with Crippen molar-refractivity contribution < 1.29 is 59.9 Å². The summed E-state index contributed by atoms with van der Waals surface area (Å²) < 4.78 is 9.61. The number of hydrogen-bond donors (Lipinski definition) is 11. The highest BCUT2D eigenvalue weighted by molar-refractivity contribution is 5.82. The molecule has 12 atom stereocenters. The summed E-state index contributed by atoms with van der Waals surface area (Å²) in [6.45, 7) is 2.90. The van der Waals surface area contributed by atoms with Gasteiger partial charge in [0.25, 0.3) is 11.8 Å². The highest BCUT2D eigenvalue weighted by atomic mass is 16.6. The SMILES string of the molecule is CC(NC(=O)C1OC(O)C(O)C(O)C1O)NC(C)NC(=O)C1OC(O)C(O)C(O)C1O. The third kappa shape index (κ3) is 5.85. The maximum atomic E-state index is 12.3. The highest BCUT2D eigenvalue weighted by Gasteiger charge is 2.47. The summed E-state index contributed by atoms with van der Waals surface area (Å²) in [4.78, 5) is 24.5. The van der Waals surface area contributed by atoms with Gasteiger partial charge in [0.1, 0.15) is 36.6 Å². The van der Waals surface area contributed by atoms with Crippen LogP contribution in [0.25, 0.3) is 0 Å². The van der Waals surface area contributed by atoms with E-state index in [1.54, 1.807) is 0 Å². The minimum Gasteiger partial charge on any atom is -0.387 e. The van der Waals surface area contributed by atoms with Crippen LogP contribution in [0.5, 0.6) is 0 Å². The lowest BCUT2D eigenvalue weighted by Crippen LogP contribution is -2.64. The van der Waals surface area contributed by atoms with E-state index in [0.29, 0.717) is 0 Å². The standard InChI is InChI=1S/C16H29N3O12/c1-3(18-13(26)11-7(22)5(20)9(24)15(28)30-11)17-4(2)19-14(27)12-8(23)6(21)10(25)16(29)31-12/h3-12,15-17,20-25,28-29H,1-2H3,(H,18,26)(H,19,27). The number of hydrogen-bond acceptors (Lipinski definition) is 13. The second-order valence-corrected chi connectivity index (χ2v) is 7.47. The van der Waals surface area contributed by atoms with Crippen molar-refractivity contribution in [2.75, 3.05) is 0 Å². The Morgan fingerprint density at radius 1 is 0.613 bits per heavy atom. The van der Waals surface area contributed by atoms with Crippen molar-refractivity contribution in [1.82, 2.24) is 16.0 Å². The summed E-state index contributed by atoms with van der Waals surface area (Å²) in [6.07, 6.45) is -19.7. The molecule has 0 aliphatic carbocycles. The molecule has 0 aromatic carbocycles. The fourth-order valence-corrected chi connectivity index (χ4v) is 3.21. The van der Waals surface area contributed by atoms with Crippen LogP contribution in [0, 0.1) is 0 Å². The van der Waals surface area contributed by atoms with E-state index in [0.717, 1.165) is 0 Å². The summed E-state index contributed by atoms with van der Waals surface area (Å²) in [5, 5.41) is 84.3. The Morgan fingerprint density at radius 3 is 1.26 bits per heavy atom. The van der Waals surface area contributed by atoms with Crippen LogP contribution in [0.2, 0.25) is 0 Å². The Morgan fingerprint density at radius 2 is 0.935 bits per heavy atom. The first kappa shape index (κ1) is 25.8. The monoisotopic (exact) mass is 455 g/mol. The summed E-state index contributed by atoms with van der Waals surface area (Å²) in [7, 11) is 0. The van der Waals surface area contributed by atoms with Crippen LogP contribution in [0.1, 0.15) is 13.8 Å². The van der Waals surface area contributed by atoms with Crippen molar-refractivity contribution in [2.24, 2.45) is 0 Å². The third-order valence-corrected chi connectivity index (χ3v) is 4.91. The molecular weight excluding hydrogens is 426 g/mol. The minimum absolute atomic E-state index is 0.852. The molecule has 180 valence electrons. The zero-order chi connectivity index (χ0) is 23.6. The molecule has 11 N–H and O–H groups in total. The maximum absolute atomic E-state index is 12.3. The lowest BCUT2D eigenvalue weighted by Gasteiger charge is -2.38. The molecule has 0 aromatic rings. The lowest BCUT2D eigenvalue weighted by atomic mass is 9.98. The van der Waals surface area contributed by atoms with Gasteiger partial charge < -0.3 is 61.0 Å². The van der Waals surface area contributed by atoms with Crippen LogP contribution in [0.15, 0.2) is 0 Å². The zero-order valence-corrected chi connectivity index (χ0v) is 16.6. The smallest absolute Gasteiger partial charge is 0.253 e. The Labute approximate surface area is 176 Å². The summed E-state index contributed by atoms with van der Waals surface area (Å²) in [5.41, 5.74) is 0. The molecule has 2 fully saturated rings. The molecule has 2 heterocycles. The first-order valence-electron chi connectivity index (χ1n) is 9.47.